The predicted molar refractivity (Wildman–Crippen MR) is 113 cm³/mol. The van der Waals surface area contributed by atoms with Crippen molar-refractivity contribution in [2.45, 2.75) is 18.8 Å². The van der Waals surface area contributed by atoms with Crippen molar-refractivity contribution in [3.05, 3.63) is 47.2 Å². The van der Waals surface area contributed by atoms with Crippen LogP contribution in [0.5, 0.6) is 17.2 Å². The molecule has 2 aromatic carbocycles. The fourth-order valence-corrected chi connectivity index (χ4v) is 4.64. The first-order valence-corrected chi connectivity index (χ1v) is 10.4. The molecule has 1 fully saturated rings. The van der Waals surface area contributed by atoms with Crippen molar-refractivity contribution in [2.75, 3.05) is 21.3 Å². The molecule has 154 valence electrons. The van der Waals surface area contributed by atoms with Crippen LogP contribution in [0, 0.1) is 5.82 Å². The lowest BCUT2D eigenvalue weighted by atomic mass is 10.0. The van der Waals surface area contributed by atoms with Gasteiger partial charge in [-0.3, -0.25) is 0 Å². The van der Waals surface area contributed by atoms with Gasteiger partial charge in [0.1, 0.15) is 22.2 Å². The van der Waals surface area contributed by atoms with Gasteiger partial charge in [0.25, 0.3) is 0 Å². The molecule has 4 aromatic rings. The van der Waals surface area contributed by atoms with E-state index >= 15 is 0 Å². The number of hydrogen-bond acceptors (Lipinski definition) is 6. The van der Waals surface area contributed by atoms with Crippen LogP contribution in [0.4, 0.5) is 4.39 Å². The van der Waals surface area contributed by atoms with Crippen LogP contribution in [0.25, 0.3) is 27.5 Å². The number of nitrogens with zero attached hydrogens (tertiary/aromatic N) is 3. The number of imidazole rings is 1. The molecule has 1 aliphatic rings. The van der Waals surface area contributed by atoms with Gasteiger partial charge < -0.3 is 14.2 Å². The standard InChI is InChI=1S/C22H20FN3O3S/c1-27-16-10-14(11-17(28-2)20(16)29-3)18-19(13-5-4-6-15(23)9-13)26-22(24-18)30-21(25-26)12-7-8-12/h4-6,9-12H,7-8H2,1-3H3. The molecule has 0 spiro atoms. The average molecular weight is 425 g/mol. The van der Waals surface area contributed by atoms with Crippen LogP contribution in [-0.4, -0.2) is 35.9 Å². The summed E-state index contributed by atoms with van der Waals surface area (Å²) in [5, 5.41) is 5.88. The van der Waals surface area contributed by atoms with E-state index in [0.29, 0.717) is 34.4 Å². The number of benzene rings is 2. The second-order valence-corrected chi connectivity index (χ2v) is 8.13. The molecule has 2 aromatic heterocycles. The zero-order valence-corrected chi connectivity index (χ0v) is 17.6. The van der Waals surface area contributed by atoms with Crippen molar-refractivity contribution in [1.82, 2.24) is 14.6 Å². The molecule has 1 saturated carbocycles. The number of fused-ring (bicyclic) bond motifs is 1. The molecule has 0 atom stereocenters. The van der Waals surface area contributed by atoms with Gasteiger partial charge in [0.2, 0.25) is 10.7 Å². The van der Waals surface area contributed by atoms with Crippen LogP contribution in [-0.2, 0) is 0 Å². The second-order valence-electron chi connectivity index (χ2n) is 7.14. The smallest absolute Gasteiger partial charge is 0.213 e. The minimum Gasteiger partial charge on any atom is -0.493 e. The average Bonchev–Trinajstić information content (AvgIpc) is 3.43. The highest BCUT2D eigenvalue weighted by Crippen LogP contribution is 2.46. The van der Waals surface area contributed by atoms with Crippen LogP contribution in [0.3, 0.4) is 0 Å². The summed E-state index contributed by atoms with van der Waals surface area (Å²) in [5.41, 5.74) is 2.90. The van der Waals surface area contributed by atoms with E-state index in [1.54, 1.807) is 38.7 Å². The summed E-state index contributed by atoms with van der Waals surface area (Å²) in [7, 11) is 4.71. The van der Waals surface area contributed by atoms with Gasteiger partial charge in [-0.2, -0.15) is 5.10 Å². The SMILES string of the molecule is COc1cc(-c2nc3sc(C4CC4)nn3c2-c2cccc(F)c2)cc(OC)c1OC. The molecule has 2 heterocycles. The number of aromatic nitrogens is 3. The molecule has 30 heavy (non-hydrogen) atoms. The molecular weight excluding hydrogens is 405 g/mol. The lowest BCUT2D eigenvalue weighted by Gasteiger charge is -2.14. The Balaban J connectivity index is 1.77. The zero-order chi connectivity index (χ0) is 20.8. The van der Waals surface area contributed by atoms with Crippen LogP contribution in [0.1, 0.15) is 23.8 Å². The summed E-state index contributed by atoms with van der Waals surface area (Å²) in [6, 6.07) is 10.2. The lowest BCUT2D eigenvalue weighted by Crippen LogP contribution is -1.97. The summed E-state index contributed by atoms with van der Waals surface area (Å²) < 4.78 is 32.3. The van der Waals surface area contributed by atoms with Crippen molar-refractivity contribution in [2.24, 2.45) is 0 Å². The third-order valence-corrected chi connectivity index (χ3v) is 6.25. The van der Waals surface area contributed by atoms with Crippen molar-refractivity contribution in [3.8, 4) is 39.8 Å². The van der Waals surface area contributed by atoms with Gasteiger partial charge in [0, 0.05) is 17.0 Å². The maximum atomic E-state index is 14.1. The number of hydrogen-bond donors (Lipinski definition) is 0. The van der Waals surface area contributed by atoms with E-state index < -0.39 is 0 Å². The second kappa shape index (κ2) is 7.28. The van der Waals surface area contributed by atoms with Crippen LogP contribution in [0.2, 0.25) is 0 Å². The third kappa shape index (κ3) is 3.08. The first kappa shape index (κ1) is 18.9. The van der Waals surface area contributed by atoms with Gasteiger partial charge in [-0.25, -0.2) is 13.9 Å². The molecule has 5 rings (SSSR count). The largest absolute Gasteiger partial charge is 0.493 e. The number of ether oxygens (including phenoxy) is 3. The number of halogens is 1. The highest BCUT2D eigenvalue weighted by molar-refractivity contribution is 7.16. The molecule has 0 amide bonds. The molecule has 0 N–H and O–H groups in total. The minimum absolute atomic E-state index is 0.309. The van der Waals surface area contributed by atoms with E-state index in [2.05, 4.69) is 0 Å². The summed E-state index contributed by atoms with van der Waals surface area (Å²) in [5.74, 6) is 1.77. The predicted octanol–water partition coefficient (Wildman–Crippen LogP) is 5.17. The van der Waals surface area contributed by atoms with Gasteiger partial charge in [-0.05, 0) is 37.1 Å². The first-order valence-electron chi connectivity index (χ1n) is 9.58. The zero-order valence-electron chi connectivity index (χ0n) is 16.8. The van der Waals surface area contributed by atoms with Crippen molar-refractivity contribution >= 4 is 16.3 Å². The molecule has 6 nitrogen and oxygen atoms in total. The Labute approximate surface area is 176 Å². The number of rotatable bonds is 6. The van der Waals surface area contributed by atoms with Crippen molar-refractivity contribution < 1.29 is 18.6 Å². The van der Waals surface area contributed by atoms with E-state index in [9.17, 15) is 4.39 Å². The highest BCUT2D eigenvalue weighted by atomic mass is 32.1. The molecule has 0 aliphatic heterocycles. The summed E-state index contributed by atoms with van der Waals surface area (Å²) >= 11 is 1.58. The maximum Gasteiger partial charge on any atom is 0.213 e. The Hall–Kier alpha value is -3.13. The van der Waals surface area contributed by atoms with E-state index in [4.69, 9.17) is 24.3 Å². The lowest BCUT2D eigenvalue weighted by molar-refractivity contribution is 0.324. The Bertz CT molecular complexity index is 1220. The molecule has 0 radical (unpaired) electrons. The van der Waals surface area contributed by atoms with Crippen LogP contribution >= 0.6 is 11.3 Å². The summed E-state index contributed by atoms with van der Waals surface area (Å²) in [4.78, 5) is 5.65. The molecular formula is C22H20FN3O3S. The van der Waals surface area contributed by atoms with E-state index in [1.165, 1.54) is 12.1 Å². The monoisotopic (exact) mass is 425 g/mol. The Morgan fingerprint density at radius 3 is 2.33 bits per heavy atom. The van der Waals surface area contributed by atoms with Gasteiger partial charge in [0.05, 0.1) is 21.3 Å². The molecule has 1 aliphatic carbocycles. The summed E-state index contributed by atoms with van der Waals surface area (Å²) in [6.07, 6.45) is 2.32. The van der Waals surface area contributed by atoms with Gasteiger partial charge in [-0.1, -0.05) is 23.5 Å². The Morgan fingerprint density at radius 1 is 1.00 bits per heavy atom. The van der Waals surface area contributed by atoms with Crippen molar-refractivity contribution in [1.29, 1.82) is 0 Å². The van der Waals surface area contributed by atoms with Crippen LogP contribution < -0.4 is 14.2 Å². The Kier molecular flexibility index (Phi) is 4.58. The normalized spacial score (nSPS) is 13.6. The fourth-order valence-electron chi connectivity index (χ4n) is 3.57. The molecule has 0 bridgehead atoms. The van der Waals surface area contributed by atoms with E-state index in [-0.39, 0.29) is 5.82 Å². The van der Waals surface area contributed by atoms with Crippen LogP contribution in [0.15, 0.2) is 36.4 Å². The van der Waals surface area contributed by atoms with Gasteiger partial charge in [0.15, 0.2) is 11.5 Å². The summed E-state index contributed by atoms with van der Waals surface area (Å²) in [6.45, 7) is 0. The molecule has 0 saturated heterocycles. The Morgan fingerprint density at radius 2 is 1.73 bits per heavy atom. The molecule has 0 unspecified atom stereocenters. The first-order chi connectivity index (χ1) is 14.6. The third-order valence-electron chi connectivity index (χ3n) is 5.18. The van der Waals surface area contributed by atoms with Gasteiger partial charge >= 0.3 is 0 Å². The van der Waals surface area contributed by atoms with Gasteiger partial charge in [-0.15, -0.1) is 0 Å². The quantitative estimate of drug-likeness (QED) is 0.427. The van der Waals surface area contributed by atoms with E-state index in [1.807, 2.05) is 22.7 Å². The molecule has 8 heteroatoms. The maximum absolute atomic E-state index is 14.1. The highest BCUT2D eigenvalue weighted by Gasteiger charge is 2.30. The van der Waals surface area contributed by atoms with E-state index in [0.717, 1.165) is 34.1 Å². The number of methoxy groups -OCH3 is 3. The van der Waals surface area contributed by atoms with Crippen molar-refractivity contribution in [3.63, 3.8) is 0 Å². The minimum atomic E-state index is -0.309. The topological polar surface area (TPSA) is 57.9 Å². The fraction of sp³-hybridized carbons (Fsp3) is 0.273.